The number of rotatable bonds is 4. The molecule has 24 heavy (non-hydrogen) atoms. The van der Waals surface area contributed by atoms with E-state index in [1.807, 2.05) is 37.3 Å². The first-order valence-electron chi connectivity index (χ1n) is 8.20. The quantitative estimate of drug-likeness (QED) is 0.794. The largest absolute Gasteiger partial charge is 0.448 e. The van der Waals surface area contributed by atoms with Crippen molar-refractivity contribution in [2.24, 2.45) is 0 Å². The number of benzene rings is 1. The zero-order valence-corrected chi connectivity index (χ0v) is 15.0. The van der Waals surface area contributed by atoms with Gasteiger partial charge in [0.15, 0.2) is 6.10 Å². The van der Waals surface area contributed by atoms with Crippen LogP contribution < -0.4 is 4.90 Å². The summed E-state index contributed by atoms with van der Waals surface area (Å²) in [4.78, 5) is 28.4. The molecule has 1 aromatic heterocycles. The lowest BCUT2D eigenvalue weighted by Crippen LogP contribution is -2.39. The van der Waals surface area contributed by atoms with Crippen molar-refractivity contribution in [2.45, 2.75) is 39.7 Å². The van der Waals surface area contributed by atoms with Crippen LogP contribution in [0.5, 0.6) is 0 Å². The zero-order chi connectivity index (χ0) is 17.3. The number of amides is 1. The normalized spacial score (nSPS) is 14.4. The Morgan fingerprint density at radius 3 is 2.79 bits per heavy atom. The van der Waals surface area contributed by atoms with E-state index < -0.39 is 12.1 Å². The van der Waals surface area contributed by atoms with E-state index in [0.29, 0.717) is 11.4 Å². The van der Waals surface area contributed by atoms with Gasteiger partial charge >= 0.3 is 5.97 Å². The molecule has 2 aromatic rings. The van der Waals surface area contributed by atoms with Crippen LogP contribution in [-0.2, 0) is 22.4 Å². The van der Waals surface area contributed by atoms with Gasteiger partial charge in [-0.1, -0.05) is 25.1 Å². The molecule has 0 spiro atoms. The molecule has 0 saturated carbocycles. The Bertz CT molecular complexity index is 781. The Hall–Kier alpha value is -2.14. The first-order valence-corrected chi connectivity index (χ1v) is 9.02. The molecule has 0 fully saturated rings. The summed E-state index contributed by atoms with van der Waals surface area (Å²) >= 11 is 1.42. The maximum absolute atomic E-state index is 12.7. The Labute approximate surface area is 146 Å². The summed E-state index contributed by atoms with van der Waals surface area (Å²) in [6.45, 7) is 6.33. The first kappa shape index (κ1) is 16.7. The van der Waals surface area contributed by atoms with Crippen LogP contribution in [0.4, 0.5) is 5.69 Å². The summed E-state index contributed by atoms with van der Waals surface area (Å²) in [5.74, 6) is -0.589. The summed E-state index contributed by atoms with van der Waals surface area (Å²) in [7, 11) is 0. The highest BCUT2D eigenvalue weighted by atomic mass is 32.1. The Kier molecular flexibility index (Phi) is 4.71. The second-order valence-corrected chi connectivity index (χ2v) is 7.22. The molecule has 1 aromatic carbocycles. The lowest BCUT2D eigenvalue weighted by atomic mass is 10.2. The van der Waals surface area contributed by atoms with Crippen LogP contribution in [0, 0.1) is 6.92 Å². The van der Waals surface area contributed by atoms with Crippen LogP contribution in [0.15, 0.2) is 30.3 Å². The predicted octanol–water partition coefficient (Wildman–Crippen LogP) is 3.75. The number of para-hydroxylation sites is 1. The van der Waals surface area contributed by atoms with Crippen molar-refractivity contribution < 1.29 is 14.3 Å². The number of hydrogen-bond acceptors (Lipinski definition) is 4. The van der Waals surface area contributed by atoms with Gasteiger partial charge in [-0.15, -0.1) is 11.3 Å². The minimum atomic E-state index is -0.795. The predicted molar refractivity (Wildman–Crippen MR) is 95.8 cm³/mol. The van der Waals surface area contributed by atoms with E-state index in [4.69, 9.17) is 4.74 Å². The number of hydrogen-bond donors (Lipinski definition) is 0. The molecular weight excluding hydrogens is 322 g/mol. The third kappa shape index (κ3) is 3.08. The molecule has 1 amide bonds. The van der Waals surface area contributed by atoms with Gasteiger partial charge in [0.2, 0.25) is 0 Å². The van der Waals surface area contributed by atoms with Gasteiger partial charge in [0.25, 0.3) is 5.91 Å². The maximum atomic E-state index is 12.7. The SMILES string of the molecule is CCc1cc(C(=O)OC(C)C(=O)N2CCc3ccccc32)sc1C. The number of carbonyl (C=O) groups is 2. The second-order valence-electron chi connectivity index (χ2n) is 5.96. The third-order valence-corrected chi connectivity index (χ3v) is 5.46. The van der Waals surface area contributed by atoms with E-state index in [0.717, 1.165) is 34.5 Å². The summed E-state index contributed by atoms with van der Waals surface area (Å²) in [6, 6.07) is 9.72. The molecule has 4 nitrogen and oxygen atoms in total. The summed E-state index contributed by atoms with van der Waals surface area (Å²) in [5.41, 5.74) is 3.23. The van der Waals surface area contributed by atoms with E-state index in [9.17, 15) is 9.59 Å². The Morgan fingerprint density at radius 2 is 2.08 bits per heavy atom. The molecule has 1 unspecified atom stereocenters. The lowest BCUT2D eigenvalue weighted by molar-refractivity contribution is -0.126. The highest BCUT2D eigenvalue weighted by molar-refractivity contribution is 7.14. The Morgan fingerprint density at radius 1 is 1.33 bits per heavy atom. The highest BCUT2D eigenvalue weighted by Crippen LogP contribution is 2.28. The van der Waals surface area contributed by atoms with Crippen molar-refractivity contribution in [2.75, 3.05) is 11.4 Å². The molecule has 0 radical (unpaired) electrons. The van der Waals surface area contributed by atoms with Crippen molar-refractivity contribution >= 4 is 28.9 Å². The standard InChI is InChI=1S/C19H21NO3S/c1-4-14-11-17(24-13(14)3)19(22)23-12(2)18(21)20-10-9-15-7-5-6-8-16(15)20/h5-8,11-12H,4,9-10H2,1-3H3. The van der Waals surface area contributed by atoms with Crippen LogP contribution in [-0.4, -0.2) is 24.5 Å². The van der Waals surface area contributed by atoms with E-state index in [1.165, 1.54) is 11.3 Å². The van der Waals surface area contributed by atoms with Gasteiger partial charge in [-0.3, -0.25) is 4.79 Å². The molecular formula is C19H21NO3S. The van der Waals surface area contributed by atoms with Crippen LogP contribution in [0.25, 0.3) is 0 Å². The second kappa shape index (κ2) is 6.77. The van der Waals surface area contributed by atoms with Crippen molar-refractivity contribution in [3.8, 4) is 0 Å². The molecule has 1 atom stereocenters. The molecule has 3 rings (SSSR count). The number of carbonyl (C=O) groups excluding carboxylic acids is 2. The van der Waals surface area contributed by atoms with Crippen molar-refractivity contribution in [3.63, 3.8) is 0 Å². The van der Waals surface area contributed by atoms with Gasteiger partial charge in [0.05, 0.1) is 0 Å². The number of nitrogens with zero attached hydrogens (tertiary/aromatic N) is 1. The zero-order valence-electron chi connectivity index (χ0n) is 14.2. The average molecular weight is 343 g/mol. The van der Waals surface area contributed by atoms with Gasteiger partial charge in [-0.05, 0) is 49.9 Å². The van der Waals surface area contributed by atoms with E-state index in [-0.39, 0.29) is 5.91 Å². The maximum Gasteiger partial charge on any atom is 0.349 e. The number of anilines is 1. The molecule has 0 N–H and O–H groups in total. The topological polar surface area (TPSA) is 46.6 Å². The molecule has 2 heterocycles. The molecule has 126 valence electrons. The van der Waals surface area contributed by atoms with Crippen molar-refractivity contribution in [3.05, 3.63) is 51.2 Å². The number of ether oxygens (including phenoxy) is 1. The minimum absolute atomic E-state index is 0.169. The van der Waals surface area contributed by atoms with E-state index in [2.05, 4.69) is 6.92 Å². The molecule has 1 aliphatic heterocycles. The third-order valence-electron chi connectivity index (χ3n) is 4.39. The van der Waals surface area contributed by atoms with Crippen LogP contribution >= 0.6 is 11.3 Å². The van der Waals surface area contributed by atoms with Gasteiger partial charge in [0, 0.05) is 17.1 Å². The van der Waals surface area contributed by atoms with Crippen molar-refractivity contribution in [1.29, 1.82) is 0 Å². The summed E-state index contributed by atoms with van der Waals surface area (Å²) in [6.07, 6.45) is 0.928. The number of esters is 1. The van der Waals surface area contributed by atoms with Gasteiger partial charge < -0.3 is 9.64 Å². The molecule has 1 aliphatic rings. The van der Waals surface area contributed by atoms with Crippen LogP contribution in [0.2, 0.25) is 0 Å². The smallest absolute Gasteiger partial charge is 0.349 e. The first-order chi connectivity index (χ1) is 11.5. The Balaban J connectivity index is 1.69. The van der Waals surface area contributed by atoms with Crippen LogP contribution in [0.3, 0.4) is 0 Å². The average Bonchev–Trinajstić information content (AvgIpc) is 3.17. The lowest BCUT2D eigenvalue weighted by Gasteiger charge is -2.21. The highest BCUT2D eigenvalue weighted by Gasteiger charge is 2.30. The fourth-order valence-corrected chi connectivity index (χ4v) is 4.02. The van der Waals surface area contributed by atoms with E-state index in [1.54, 1.807) is 11.8 Å². The minimum Gasteiger partial charge on any atom is -0.448 e. The fourth-order valence-electron chi connectivity index (χ4n) is 3.03. The number of aryl methyl sites for hydroxylation is 2. The number of fused-ring (bicyclic) bond motifs is 1. The molecule has 0 saturated heterocycles. The van der Waals surface area contributed by atoms with Gasteiger partial charge in [-0.2, -0.15) is 0 Å². The van der Waals surface area contributed by atoms with Gasteiger partial charge in [-0.25, -0.2) is 4.79 Å². The molecule has 0 bridgehead atoms. The fraction of sp³-hybridized carbons (Fsp3) is 0.368. The van der Waals surface area contributed by atoms with Crippen LogP contribution in [0.1, 0.15) is 39.5 Å². The van der Waals surface area contributed by atoms with Crippen molar-refractivity contribution in [1.82, 2.24) is 0 Å². The monoisotopic (exact) mass is 343 g/mol. The summed E-state index contributed by atoms with van der Waals surface area (Å²) in [5, 5.41) is 0. The number of thiophene rings is 1. The van der Waals surface area contributed by atoms with E-state index >= 15 is 0 Å². The molecule has 5 heteroatoms. The summed E-state index contributed by atoms with van der Waals surface area (Å²) < 4.78 is 5.42. The van der Waals surface area contributed by atoms with Gasteiger partial charge in [0.1, 0.15) is 4.88 Å². The molecule has 0 aliphatic carbocycles.